The first-order valence-corrected chi connectivity index (χ1v) is 7.85. The number of carbonyl (C=O) groups is 1. The minimum atomic E-state index is -0.309. The van der Waals surface area contributed by atoms with Gasteiger partial charge in [0, 0.05) is 12.0 Å². The predicted molar refractivity (Wildman–Crippen MR) is 82.1 cm³/mol. The average Bonchev–Trinajstić information content (AvgIpc) is 3.17. The molecule has 0 atom stereocenters. The predicted octanol–water partition coefficient (Wildman–Crippen LogP) is 1.75. The van der Waals surface area contributed by atoms with E-state index in [0.29, 0.717) is 17.9 Å². The van der Waals surface area contributed by atoms with Crippen LogP contribution < -0.4 is 5.32 Å². The van der Waals surface area contributed by atoms with Crippen LogP contribution in [0.2, 0.25) is 0 Å². The molecular weight excluding hydrogens is 297 g/mol. The molecule has 1 aliphatic rings. The van der Waals surface area contributed by atoms with E-state index >= 15 is 0 Å². The first-order chi connectivity index (χ1) is 11.1. The smallest absolute Gasteiger partial charge is 0.241 e. The lowest BCUT2D eigenvalue weighted by Gasteiger charge is -2.30. The summed E-state index contributed by atoms with van der Waals surface area (Å²) in [5.74, 6) is 0.229. The van der Waals surface area contributed by atoms with E-state index in [4.69, 9.17) is 0 Å². The van der Waals surface area contributed by atoms with Crippen LogP contribution in [0.15, 0.2) is 24.3 Å². The standard InChI is InChI=1S/C16H20FN5O/c1-12-19-20-21-22(12)10-15(23)18-11-16(8-4-5-9-16)13-6-2-3-7-14(13)17/h2-3,6-7H,4-5,8-11H2,1H3,(H,18,23). The van der Waals surface area contributed by atoms with Gasteiger partial charge in [0.05, 0.1) is 0 Å². The number of carbonyl (C=O) groups excluding carboxylic acids is 1. The van der Waals surface area contributed by atoms with Gasteiger partial charge in [0.2, 0.25) is 5.91 Å². The number of hydrogen-bond donors (Lipinski definition) is 1. The van der Waals surface area contributed by atoms with Crippen molar-refractivity contribution in [2.45, 2.75) is 44.6 Å². The van der Waals surface area contributed by atoms with Crippen molar-refractivity contribution in [3.63, 3.8) is 0 Å². The molecule has 0 aliphatic heterocycles. The molecule has 2 aromatic rings. The summed E-state index contributed by atoms with van der Waals surface area (Å²) in [6, 6.07) is 6.87. The summed E-state index contributed by atoms with van der Waals surface area (Å²) in [4.78, 5) is 12.2. The SMILES string of the molecule is Cc1nnnn1CC(=O)NCC1(c2ccccc2F)CCCC1. The van der Waals surface area contributed by atoms with Crippen LogP contribution in [-0.4, -0.2) is 32.7 Å². The Balaban J connectivity index is 1.70. The molecule has 1 aromatic heterocycles. The van der Waals surface area contributed by atoms with Gasteiger partial charge in [-0.25, -0.2) is 9.07 Å². The fourth-order valence-corrected chi connectivity index (χ4v) is 3.34. The second kappa shape index (κ2) is 6.44. The number of amides is 1. The van der Waals surface area contributed by atoms with Gasteiger partial charge in [0.1, 0.15) is 18.2 Å². The Hall–Kier alpha value is -2.31. The molecule has 7 heteroatoms. The maximum atomic E-state index is 14.2. The van der Waals surface area contributed by atoms with Crippen molar-refractivity contribution in [1.29, 1.82) is 0 Å². The highest BCUT2D eigenvalue weighted by Crippen LogP contribution is 2.41. The zero-order valence-corrected chi connectivity index (χ0v) is 13.1. The van der Waals surface area contributed by atoms with Crippen LogP contribution in [0.1, 0.15) is 37.1 Å². The van der Waals surface area contributed by atoms with Gasteiger partial charge in [-0.05, 0) is 41.8 Å². The van der Waals surface area contributed by atoms with Crippen LogP contribution in [0.25, 0.3) is 0 Å². The molecule has 1 amide bonds. The lowest BCUT2D eigenvalue weighted by molar-refractivity contribution is -0.122. The van der Waals surface area contributed by atoms with Crippen LogP contribution in [0.4, 0.5) is 4.39 Å². The maximum Gasteiger partial charge on any atom is 0.241 e. The van der Waals surface area contributed by atoms with Crippen molar-refractivity contribution in [2.24, 2.45) is 0 Å². The second-order valence-corrected chi connectivity index (χ2v) is 6.13. The van der Waals surface area contributed by atoms with Gasteiger partial charge in [-0.3, -0.25) is 4.79 Å². The third kappa shape index (κ3) is 3.23. The Morgan fingerprint density at radius 2 is 2.09 bits per heavy atom. The average molecular weight is 317 g/mol. The number of rotatable bonds is 5. The van der Waals surface area contributed by atoms with Gasteiger partial charge in [-0.1, -0.05) is 31.0 Å². The quantitative estimate of drug-likeness (QED) is 0.912. The van der Waals surface area contributed by atoms with Crippen LogP contribution >= 0.6 is 0 Å². The van der Waals surface area contributed by atoms with Gasteiger partial charge in [0.15, 0.2) is 0 Å². The van der Waals surface area contributed by atoms with Crippen molar-refractivity contribution in [3.8, 4) is 0 Å². The summed E-state index contributed by atoms with van der Waals surface area (Å²) in [6.45, 7) is 2.26. The Morgan fingerprint density at radius 1 is 1.35 bits per heavy atom. The third-order valence-corrected chi connectivity index (χ3v) is 4.63. The molecule has 1 aliphatic carbocycles. The van der Waals surface area contributed by atoms with Gasteiger partial charge in [-0.15, -0.1) is 5.10 Å². The molecule has 23 heavy (non-hydrogen) atoms. The highest BCUT2D eigenvalue weighted by atomic mass is 19.1. The van der Waals surface area contributed by atoms with Crippen LogP contribution in [0.5, 0.6) is 0 Å². The molecule has 3 rings (SSSR count). The van der Waals surface area contributed by atoms with E-state index in [0.717, 1.165) is 25.7 Å². The number of aromatic nitrogens is 4. The lowest BCUT2D eigenvalue weighted by atomic mass is 9.78. The lowest BCUT2D eigenvalue weighted by Crippen LogP contribution is -2.41. The van der Waals surface area contributed by atoms with E-state index < -0.39 is 0 Å². The maximum absolute atomic E-state index is 14.2. The van der Waals surface area contributed by atoms with Gasteiger partial charge in [-0.2, -0.15) is 0 Å². The zero-order valence-electron chi connectivity index (χ0n) is 13.1. The number of nitrogens with zero attached hydrogens (tertiary/aromatic N) is 4. The van der Waals surface area contributed by atoms with Crippen molar-refractivity contribution in [3.05, 3.63) is 41.5 Å². The van der Waals surface area contributed by atoms with Gasteiger partial charge >= 0.3 is 0 Å². The zero-order chi connectivity index (χ0) is 16.3. The highest BCUT2D eigenvalue weighted by molar-refractivity contribution is 5.75. The number of halogens is 1. The van der Waals surface area contributed by atoms with Crippen molar-refractivity contribution in [2.75, 3.05) is 6.54 Å². The van der Waals surface area contributed by atoms with Gasteiger partial charge in [0.25, 0.3) is 0 Å². The molecule has 0 radical (unpaired) electrons. The molecule has 6 nitrogen and oxygen atoms in total. The van der Waals surface area contributed by atoms with Crippen LogP contribution in [0.3, 0.4) is 0 Å². The molecule has 0 bridgehead atoms. The molecule has 1 heterocycles. The molecule has 1 aromatic carbocycles. The van der Waals surface area contributed by atoms with Crippen LogP contribution in [0, 0.1) is 12.7 Å². The summed E-state index contributed by atoms with van der Waals surface area (Å²) in [7, 11) is 0. The summed E-state index contributed by atoms with van der Waals surface area (Å²) in [5.41, 5.74) is 0.396. The van der Waals surface area contributed by atoms with Crippen molar-refractivity contribution < 1.29 is 9.18 Å². The van der Waals surface area contributed by atoms with Crippen LogP contribution in [-0.2, 0) is 16.8 Å². The largest absolute Gasteiger partial charge is 0.354 e. The molecule has 122 valence electrons. The van der Waals surface area contributed by atoms with E-state index in [1.54, 1.807) is 13.0 Å². The fraction of sp³-hybridized carbons (Fsp3) is 0.500. The number of hydrogen-bond acceptors (Lipinski definition) is 4. The summed E-state index contributed by atoms with van der Waals surface area (Å²) >= 11 is 0. The number of aryl methyl sites for hydroxylation is 1. The first-order valence-electron chi connectivity index (χ1n) is 7.85. The molecule has 1 saturated carbocycles. The van der Waals surface area contributed by atoms with Crippen molar-refractivity contribution in [1.82, 2.24) is 25.5 Å². The summed E-state index contributed by atoms with van der Waals surface area (Å²) in [5, 5.41) is 14.0. The van der Waals surface area contributed by atoms with E-state index in [1.807, 2.05) is 12.1 Å². The molecule has 0 unspecified atom stereocenters. The van der Waals surface area contributed by atoms with E-state index in [2.05, 4.69) is 20.8 Å². The molecular formula is C16H20FN5O. The Morgan fingerprint density at radius 3 is 2.74 bits per heavy atom. The molecule has 0 saturated heterocycles. The minimum absolute atomic E-state index is 0.0756. The van der Waals surface area contributed by atoms with E-state index in [9.17, 15) is 9.18 Å². The third-order valence-electron chi connectivity index (χ3n) is 4.63. The van der Waals surface area contributed by atoms with E-state index in [1.165, 1.54) is 10.7 Å². The second-order valence-electron chi connectivity index (χ2n) is 6.13. The first kappa shape index (κ1) is 15.6. The summed E-state index contributed by atoms with van der Waals surface area (Å²) in [6.07, 6.45) is 3.88. The Labute approximate surface area is 134 Å². The molecule has 0 spiro atoms. The number of benzene rings is 1. The number of nitrogens with one attached hydrogen (secondary N) is 1. The normalized spacial score (nSPS) is 16.4. The van der Waals surface area contributed by atoms with Crippen molar-refractivity contribution >= 4 is 5.91 Å². The highest BCUT2D eigenvalue weighted by Gasteiger charge is 2.37. The monoisotopic (exact) mass is 317 g/mol. The molecule has 1 N–H and O–H groups in total. The van der Waals surface area contributed by atoms with Gasteiger partial charge < -0.3 is 5.32 Å². The number of tetrazole rings is 1. The Bertz CT molecular complexity index is 693. The Kier molecular flexibility index (Phi) is 4.36. The van der Waals surface area contributed by atoms with E-state index in [-0.39, 0.29) is 23.7 Å². The minimum Gasteiger partial charge on any atom is -0.354 e. The molecule has 1 fully saturated rings. The summed E-state index contributed by atoms with van der Waals surface area (Å²) < 4.78 is 15.7. The fourth-order valence-electron chi connectivity index (χ4n) is 3.34. The topological polar surface area (TPSA) is 72.7 Å².